The van der Waals surface area contributed by atoms with Gasteiger partial charge in [-0.05, 0) is 31.4 Å². The van der Waals surface area contributed by atoms with Crippen molar-refractivity contribution in [2.45, 2.75) is 30.1 Å². The lowest BCUT2D eigenvalue weighted by molar-refractivity contribution is 0.0425. The molecule has 5 nitrogen and oxygen atoms in total. The molecule has 1 N–H and O–H groups in total. The van der Waals surface area contributed by atoms with E-state index in [9.17, 15) is 13.5 Å². The summed E-state index contributed by atoms with van der Waals surface area (Å²) in [7, 11) is -0.385. The molecule has 2 atom stereocenters. The van der Waals surface area contributed by atoms with E-state index in [1.807, 2.05) is 0 Å². The fourth-order valence-electron chi connectivity index (χ4n) is 3.09. The van der Waals surface area contributed by atoms with Gasteiger partial charge < -0.3 is 14.6 Å². The fraction of sp³-hybridized carbons (Fsp3) is 0.571. The molecule has 2 unspecified atom stereocenters. The topological polar surface area (TPSA) is 72.8 Å². The van der Waals surface area contributed by atoms with Gasteiger partial charge >= 0.3 is 0 Å². The molecule has 6 heteroatoms. The molecule has 20 heavy (non-hydrogen) atoms. The number of benzene rings is 1. The first-order chi connectivity index (χ1) is 9.34. The van der Waals surface area contributed by atoms with Gasteiger partial charge in [-0.15, -0.1) is 0 Å². The van der Waals surface area contributed by atoms with E-state index in [2.05, 4.69) is 0 Å². The monoisotopic (exact) mass is 300 g/mol. The Morgan fingerprint density at radius 1 is 1.25 bits per heavy atom. The quantitative estimate of drug-likeness (QED) is 0.912. The first-order valence-electron chi connectivity index (χ1n) is 6.47. The molecule has 0 amide bonds. The van der Waals surface area contributed by atoms with Gasteiger partial charge in [-0.3, -0.25) is 0 Å². The van der Waals surface area contributed by atoms with Crippen LogP contribution in [0.1, 0.15) is 24.8 Å². The molecule has 2 rings (SSSR count). The third kappa shape index (κ3) is 2.38. The molecule has 1 saturated carbocycles. The van der Waals surface area contributed by atoms with Crippen LogP contribution in [0.5, 0.6) is 11.5 Å². The van der Waals surface area contributed by atoms with Gasteiger partial charge in [0.2, 0.25) is 0 Å². The summed E-state index contributed by atoms with van der Waals surface area (Å²) < 4.78 is 34.5. The van der Waals surface area contributed by atoms with Gasteiger partial charge in [-0.25, -0.2) is 8.42 Å². The van der Waals surface area contributed by atoms with Crippen LogP contribution in [0.15, 0.2) is 18.2 Å². The summed E-state index contributed by atoms with van der Waals surface area (Å²) in [5, 5.41) is 10.2. The maximum atomic E-state index is 12.0. The second kappa shape index (κ2) is 5.26. The van der Waals surface area contributed by atoms with E-state index in [0.29, 0.717) is 36.3 Å². The maximum absolute atomic E-state index is 12.0. The molecule has 0 radical (unpaired) electrons. The van der Waals surface area contributed by atoms with Crippen molar-refractivity contribution in [3.05, 3.63) is 23.8 Å². The Kier molecular flexibility index (Phi) is 3.97. The smallest absolute Gasteiger partial charge is 0.153 e. The van der Waals surface area contributed by atoms with Crippen LogP contribution in [-0.2, 0) is 15.4 Å². The van der Waals surface area contributed by atoms with Crippen LogP contribution < -0.4 is 9.47 Å². The van der Waals surface area contributed by atoms with Crippen molar-refractivity contribution in [2.75, 3.05) is 20.5 Å². The average Bonchev–Trinajstić information content (AvgIpc) is 2.80. The van der Waals surface area contributed by atoms with Crippen LogP contribution in [0.3, 0.4) is 0 Å². The normalized spacial score (nSPS) is 26.5. The van der Waals surface area contributed by atoms with E-state index >= 15 is 0 Å². The Morgan fingerprint density at radius 2 is 1.80 bits per heavy atom. The molecular weight excluding hydrogens is 280 g/mol. The largest absolute Gasteiger partial charge is 0.496 e. The lowest BCUT2D eigenvalue weighted by Gasteiger charge is -2.31. The first kappa shape index (κ1) is 15.1. The minimum atomic E-state index is -3.37. The zero-order valence-electron chi connectivity index (χ0n) is 11.9. The van der Waals surface area contributed by atoms with E-state index in [0.717, 1.165) is 6.26 Å². The number of ether oxygens (including phenoxy) is 2. The summed E-state index contributed by atoms with van der Waals surface area (Å²) in [5.74, 6) is 0.893. The molecule has 1 aromatic carbocycles. The first-order valence-corrected chi connectivity index (χ1v) is 8.42. The Balaban J connectivity index is 2.65. The highest BCUT2D eigenvalue weighted by Gasteiger charge is 2.50. The molecule has 1 fully saturated rings. The molecule has 1 aromatic rings. The van der Waals surface area contributed by atoms with Crippen molar-refractivity contribution in [3.8, 4) is 11.5 Å². The Hall–Kier alpha value is -1.27. The molecule has 112 valence electrons. The predicted molar refractivity (Wildman–Crippen MR) is 75.9 cm³/mol. The van der Waals surface area contributed by atoms with Crippen molar-refractivity contribution in [1.82, 2.24) is 0 Å². The zero-order chi connectivity index (χ0) is 15.0. The molecule has 1 aliphatic rings. The molecule has 0 saturated heterocycles. The minimum Gasteiger partial charge on any atom is -0.496 e. The van der Waals surface area contributed by atoms with E-state index < -0.39 is 20.7 Å². The Morgan fingerprint density at radius 3 is 2.25 bits per heavy atom. The second-order valence-electron chi connectivity index (χ2n) is 5.17. The van der Waals surface area contributed by atoms with Gasteiger partial charge in [-0.2, -0.15) is 0 Å². The number of rotatable bonds is 4. The molecular formula is C14H20O5S. The van der Waals surface area contributed by atoms with Gasteiger partial charge in [0.25, 0.3) is 0 Å². The summed E-state index contributed by atoms with van der Waals surface area (Å²) in [4.78, 5) is 0. The third-order valence-corrected chi connectivity index (χ3v) is 5.59. The highest BCUT2D eigenvalue weighted by Crippen LogP contribution is 2.49. The van der Waals surface area contributed by atoms with Gasteiger partial charge in [0.05, 0.1) is 25.0 Å². The van der Waals surface area contributed by atoms with Gasteiger partial charge in [0, 0.05) is 6.26 Å². The minimum absolute atomic E-state index is 0.376. The highest BCUT2D eigenvalue weighted by molar-refractivity contribution is 7.91. The molecule has 0 spiro atoms. The Labute approximate surface area is 119 Å². The standard InChI is InChI=1S/C14H20O5S/c1-18-10-6-4-7-11(19-2)13(10)14(15)9-5-8-12(14)20(3,16)17/h4,6-7,12,15H,5,8-9H2,1-3H3. The molecule has 0 bridgehead atoms. The number of hydrogen-bond donors (Lipinski definition) is 1. The van der Waals surface area contributed by atoms with E-state index in [1.165, 1.54) is 14.2 Å². The van der Waals surface area contributed by atoms with Gasteiger partial charge in [-0.1, -0.05) is 6.07 Å². The van der Waals surface area contributed by atoms with Crippen LogP contribution in [0, 0.1) is 0 Å². The molecule has 0 aliphatic heterocycles. The summed E-state index contributed by atoms with van der Waals surface area (Å²) in [5.41, 5.74) is -1.04. The second-order valence-corrected chi connectivity index (χ2v) is 7.40. The third-order valence-electron chi connectivity index (χ3n) is 3.93. The number of hydrogen-bond acceptors (Lipinski definition) is 5. The lowest BCUT2D eigenvalue weighted by Crippen LogP contribution is -2.40. The summed E-state index contributed by atoms with van der Waals surface area (Å²) >= 11 is 0. The SMILES string of the molecule is COc1cccc(OC)c1C1(O)CCCC1S(C)(=O)=O. The molecule has 1 aliphatic carbocycles. The van der Waals surface area contributed by atoms with Crippen molar-refractivity contribution >= 4 is 9.84 Å². The van der Waals surface area contributed by atoms with Gasteiger partial charge in [0.15, 0.2) is 9.84 Å². The van der Waals surface area contributed by atoms with Crippen molar-refractivity contribution < 1.29 is 23.0 Å². The summed E-state index contributed by atoms with van der Waals surface area (Å²) in [6.45, 7) is 0. The van der Waals surface area contributed by atoms with Gasteiger partial charge in [0.1, 0.15) is 17.1 Å². The molecule has 0 heterocycles. The number of aliphatic hydroxyl groups is 1. The van der Waals surface area contributed by atoms with Crippen LogP contribution in [0.25, 0.3) is 0 Å². The summed E-state index contributed by atoms with van der Waals surface area (Å²) in [6.07, 6.45) is 2.63. The molecule has 0 aromatic heterocycles. The highest BCUT2D eigenvalue weighted by atomic mass is 32.2. The predicted octanol–water partition coefficient (Wildman–Crippen LogP) is 1.49. The van der Waals surface area contributed by atoms with E-state index in [4.69, 9.17) is 9.47 Å². The maximum Gasteiger partial charge on any atom is 0.153 e. The van der Waals surface area contributed by atoms with Crippen molar-refractivity contribution in [3.63, 3.8) is 0 Å². The fourth-order valence-corrected chi connectivity index (χ4v) is 4.63. The average molecular weight is 300 g/mol. The zero-order valence-corrected chi connectivity index (χ0v) is 12.7. The van der Waals surface area contributed by atoms with E-state index in [-0.39, 0.29) is 0 Å². The Bertz CT molecular complexity index is 573. The van der Waals surface area contributed by atoms with Crippen molar-refractivity contribution in [1.29, 1.82) is 0 Å². The number of methoxy groups -OCH3 is 2. The summed E-state index contributed by atoms with van der Waals surface area (Å²) in [6, 6.07) is 5.15. The van der Waals surface area contributed by atoms with Crippen LogP contribution in [-0.4, -0.2) is 39.2 Å². The van der Waals surface area contributed by atoms with Crippen molar-refractivity contribution in [2.24, 2.45) is 0 Å². The van der Waals surface area contributed by atoms with Crippen LogP contribution >= 0.6 is 0 Å². The lowest BCUT2D eigenvalue weighted by atomic mass is 9.90. The van der Waals surface area contributed by atoms with E-state index in [1.54, 1.807) is 18.2 Å². The number of sulfone groups is 1. The van der Waals surface area contributed by atoms with Crippen LogP contribution in [0.2, 0.25) is 0 Å². The van der Waals surface area contributed by atoms with Crippen LogP contribution in [0.4, 0.5) is 0 Å².